The highest BCUT2D eigenvalue weighted by Gasteiger charge is 2.23. The summed E-state index contributed by atoms with van der Waals surface area (Å²) in [4.78, 5) is 28.0. The molecule has 8 nitrogen and oxygen atoms in total. The Bertz CT molecular complexity index is 1570. The van der Waals surface area contributed by atoms with Gasteiger partial charge in [-0.3, -0.25) is 13.9 Å². The van der Waals surface area contributed by atoms with Crippen LogP contribution in [0.25, 0.3) is 38.9 Å². The van der Waals surface area contributed by atoms with E-state index in [0.717, 1.165) is 23.1 Å². The lowest BCUT2D eigenvalue weighted by Gasteiger charge is -2.19. The van der Waals surface area contributed by atoms with Gasteiger partial charge in [0.25, 0.3) is 5.56 Å². The van der Waals surface area contributed by atoms with E-state index in [1.165, 1.54) is 0 Å². The van der Waals surface area contributed by atoms with Gasteiger partial charge in [0.15, 0.2) is 22.8 Å². The van der Waals surface area contributed by atoms with Crippen LogP contribution >= 0.6 is 0 Å². The fourth-order valence-corrected chi connectivity index (χ4v) is 4.18. The summed E-state index contributed by atoms with van der Waals surface area (Å²) in [7, 11) is 0. The highest BCUT2D eigenvalue weighted by Crippen LogP contribution is 2.35. The summed E-state index contributed by atoms with van der Waals surface area (Å²) in [5, 5.41) is 0.468. The molecule has 0 fully saturated rings. The van der Waals surface area contributed by atoms with E-state index in [-0.39, 0.29) is 11.6 Å². The van der Waals surface area contributed by atoms with E-state index in [9.17, 15) is 4.79 Å². The first kappa shape index (κ1) is 18.8. The third kappa shape index (κ3) is 2.69. The van der Waals surface area contributed by atoms with E-state index in [1.54, 1.807) is 10.9 Å². The lowest BCUT2D eigenvalue weighted by Crippen LogP contribution is -2.23. The monoisotopic (exact) mass is 427 g/mol. The van der Waals surface area contributed by atoms with E-state index >= 15 is 0 Å². The molecule has 0 N–H and O–H groups in total. The topological polar surface area (TPSA) is 84.1 Å². The summed E-state index contributed by atoms with van der Waals surface area (Å²) in [6, 6.07) is 13.4. The van der Waals surface area contributed by atoms with Crippen molar-refractivity contribution in [2.24, 2.45) is 0 Å². The molecule has 6 rings (SSSR count). The van der Waals surface area contributed by atoms with Crippen molar-refractivity contribution < 1.29 is 9.47 Å². The average Bonchev–Trinajstić information content (AvgIpc) is 3.16. The van der Waals surface area contributed by atoms with Crippen LogP contribution in [-0.4, -0.2) is 37.3 Å². The van der Waals surface area contributed by atoms with Crippen LogP contribution in [0.2, 0.25) is 0 Å². The highest BCUT2D eigenvalue weighted by atomic mass is 16.6. The lowest BCUT2D eigenvalue weighted by atomic mass is 10.2. The number of nitrogens with zero attached hydrogens (tertiary/aromatic N) is 5. The minimum absolute atomic E-state index is 0.0282. The van der Waals surface area contributed by atoms with Crippen LogP contribution in [0.3, 0.4) is 0 Å². The number of rotatable bonds is 3. The van der Waals surface area contributed by atoms with E-state index in [0.29, 0.717) is 46.9 Å². The molecule has 1 atom stereocenters. The van der Waals surface area contributed by atoms with Gasteiger partial charge in [0, 0.05) is 12.1 Å². The molecule has 5 aromatic rings. The fourth-order valence-electron chi connectivity index (χ4n) is 4.18. The second kappa shape index (κ2) is 7.05. The molecule has 0 saturated heterocycles. The lowest BCUT2D eigenvalue weighted by molar-refractivity contribution is 0.171. The molecule has 0 radical (unpaired) electrons. The predicted molar refractivity (Wildman–Crippen MR) is 122 cm³/mol. The number of fused-ring (bicyclic) bond motifs is 5. The molecule has 0 bridgehead atoms. The molecule has 3 aromatic heterocycles. The van der Waals surface area contributed by atoms with E-state index < -0.39 is 0 Å². The van der Waals surface area contributed by atoms with Crippen molar-refractivity contribution in [1.29, 1.82) is 0 Å². The van der Waals surface area contributed by atoms with Gasteiger partial charge < -0.3 is 9.47 Å². The zero-order chi connectivity index (χ0) is 21.8. The van der Waals surface area contributed by atoms with Crippen molar-refractivity contribution in [3.05, 3.63) is 59.1 Å². The molecule has 160 valence electrons. The van der Waals surface area contributed by atoms with Crippen molar-refractivity contribution in [3.8, 4) is 17.2 Å². The van der Waals surface area contributed by atoms with Gasteiger partial charge in [-0.25, -0.2) is 15.0 Å². The molecule has 8 heteroatoms. The van der Waals surface area contributed by atoms with Gasteiger partial charge >= 0.3 is 0 Å². The molecule has 1 aliphatic rings. The predicted octanol–water partition coefficient (Wildman–Crippen LogP) is 4.03. The number of para-hydroxylation sites is 2. The van der Waals surface area contributed by atoms with Crippen LogP contribution in [0.4, 0.5) is 0 Å². The molecule has 0 spiro atoms. The third-order valence-corrected chi connectivity index (χ3v) is 6.04. The molecule has 0 unspecified atom stereocenters. The molecule has 0 saturated carbocycles. The molecular formula is C24H21N5O3. The number of benzene rings is 2. The standard InChI is InChI=1S/C24H21N5O3/c1-3-14(2)28-13-25-22-20(24(28)30)21-23(27-17-7-5-4-6-16(17)26-21)29(22)15-8-9-18-19(12-15)32-11-10-31-18/h4-9,12-14H,3,10-11H2,1-2H3/t14-/m0/s1. The van der Waals surface area contributed by atoms with Gasteiger partial charge in [-0.2, -0.15) is 0 Å². The number of hydrogen-bond donors (Lipinski definition) is 0. The van der Waals surface area contributed by atoms with E-state index in [4.69, 9.17) is 24.4 Å². The smallest absolute Gasteiger partial charge is 0.265 e. The van der Waals surface area contributed by atoms with Crippen molar-refractivity contribution in [2.45, 2.75) is 26.3 Å². The molecular weight excluding hydrogens is 406 g/mol. The molecule has 32 heavy (non-hydrogen) atoms. The summed E-state index contributed by atoms with van der Waals surface area (Å²) in [5.74, 6) is 1.36. The maximum atomic E-state index is 13.6. The maximum absolute atomic E-state index is 13.6. The number of ether oxygens (including phenoxy) is 2. The van der Waals surface area contributed by atoms with Gasteiger partial charge in [-0.15, -0.1) is 0 Å². The fraction of sp³-hybridized carbons (Fsp3) is 0.250. The van der Waals surface area contributed by atoms with Crippen molar-refractivity contribution in [3.63, 3.8) is 0 Å². The zero-order valence-electron chi connectivity index (χ0n) is 17.8. The van der Waals surface area contributed by atoms with Crippen LogP contribution in [0.5, 0.6) is 11.5 Å². The highest BCUT2D eigenvalue weighted by molar-refractivity contribution is 6.05. The minimum Gasteiger partial charge on any atom is -0.486 e. The molecule has 0 aliphatic carbocycles. The number of hydrogen-bond acceptors (Lipinski definition) is 6. The Morgan fingerprint density at radius 1 is 1.00 bits per heavy atom. The summed E-state index contributed by atoms with van der Waals surface area (Å²) in [5.41, 5.74) is 3.81. The summed E-state index contributed by atoms with van der Waals surface area (Å²) < 4.78 is 15.0. The zero-order valence-corrected chi connectivity index (χ0v) is 17.8. The SMILES string of the molecule is CC[C@H](C)n1cnc2c(c1=O)c1nc3ccccc3nc1n2-c1ccc2c(c1)OCCO2. The maximum Gasteiger partial charge on any atom is 0.265 e. The van der Waals surface area contributed by atoms with Crippen LogP contribution in [-0.2, 0) is 0 Å². The second-order valence-electron chi connectivity index (χ2n) is 7.96. The summed E-state index contributed by atoms with van der Waals surface area (Å²) in [6.45, 7) is 5.07. The Balaban J connectivity index is 1.74. The Kier molecular flexibility index (Phi) is 4.14. The van der Waals surface area contributed by atoms with Crippen LogP contribution < -0.4 is 15.0 Å². The van der Waals surface area contributed by atoms with Gasteiger partial charge in [0.05, 0.1) is 16.7 Å². The quantitative estimate of drug-likeness (QED) is 0.432. The average molecular weight is 427 g/mol. The first-order valence-corrected chi connectivity index (χ1v) is 10.7. The van der Waals surface area contributed by atoms with Crippen LogP contribution in [0, 0.1) is 0 Å². The van der Waals surface area contributed by atoms with Gasteiger partial charge in [-0.1, -0.05) is 19.1 Å². The summed E-state index contributed by atoms with van der Waals surface area (Å²) in [6.07, 6.45) is 2.44. The minimum atomic E-state index is -0.116. The van der Waals surface area contributed by atoms with Crippen LogP contribution in [0.1, 0.15) is 26.3 Å². The Morgan fingerprint density at radius 2 is 1.75 bits per heavy atom. The van der Waals surface area contributed by atoms with Crippen molar-refractivity contribution >= 4 is 33.2 Å². The molecule has 1 aliphatic heterocycles. The number of aromatic nitrogens is 5. The van der Waals surface area contributed by atoms with Crippen LogP contribution in [0.15, 0.2) is 53.6 Å². The van der Waals surface area contributed by atoms with E-state index in [2.05, 4.69) is 0 Å². The largest absolute Gasteiger partial charge is 0.486 e. The van der Waals surface area contributed by atoms with Gasteiger partial charge in [0.1, 0.15) is 30.4 Å². The molecule has 2 aromatic carbocycles. The summed E-state index contributed by atoms with van der Waals surface area (Å²) >= 11 is 0. The third-order valence-electron chi connectivity index (χ3n) is 6.04. The van der Waals surface area contributed by atoms with Crippen molar-refractivity contribution in [1.82, 2.24) is 24.1 Å². The Labute approximate surface area is 183 Å². The Morgan fingerprint density at radius 3 is 2.53 bits per heavy atom. The first-order valence-electron chi connectivity index (χ1n) is 10.7. The van der Waals surface area contributed by atoms with Gasteiger partial charge in [-0.05, 0) is 37.6 Å². The molecule has 0 amide bonds. The first-order chi connectivity index (χ1) is 15.7. The molecule has 4 heterocycles. The van der Waals surface area contributed by atoms with Crippen molar-refractivity contribution in [2.75, 3.05) is 13.2 Å². The normalized spacial score (nSPS) is 14.3. The Hall–Kier alpha value is -3.94. The second-order valence-corrected chi connectivity index (χ2v) is 7.96. The van der Waals surface area contributed by atoms with E-state index in [1.807, 2.05) is 60.9 Å². The van der Waals surface area contributed by atoms with Gasteiger partial charge in [0.2, 0.25) is 0 Å².